The van der Waals surface area contributed by atoms with Crippen molar-refractivity contribution in [3.05, 3.63) is 92.3 Å². The molecule has 0 bridgehead atoms. The van der Waals surface area contributed by atoms with Crippen LogP contribution in [0.3, 0.4) is 0 Å². The van der Waals surface area contributed by atoms with E-state index in [1.54, 1.807) is 24.3 Å². The fraction of sp³-hybridized carbons (Fsp3) is 0.179. The fourth-order valence-corrected chi connectivity index (χ4v) is 4.81. The second-order valence-corrected chi connectivity index (χ2v) is 9.70. The maximum Gasteiger partial charge on any atom is 0.270 e. The molecule has 0 aromatic heterocycles. The van der Waals surface area contributed by atoms with Crippen LogP contribution in [0, 0.1) is 9.39 Å². The van der Waals surface area contributed by atoms with Gasteiger partial charge in [0.1, 0.15) is 18.0 Å². The summed E-state index contributed by atoms with van der Waals surface area (Å²) in [6.45, 7) is 4.51. The average Bonchev–Trinajstić information content (AvgIpc) is 2.87. The number of thiocarbonyl (C=S) groups is 1. The molecular weight excluding hydrogens is 606 g/mol. The summed E-state index contributed by atoms with van der Waals surface area (Å²) in [6.07, 6.45) is 2.38. The molecular formula is C28H24FIN2O4S. The minimum absolute atomic E-state index is 0.0329. The Hall–Kier alpha value is -3.31. The minimum atomic E-state index is -0.568. The number of carbonyl (C=O) groups excluding carboxylic acids is 2. The van der Waals surface area contributed by atoms with Crippen molar-refractivity contribution in [2.75, 3.05) is 11.5 Å². The number of amides is 2. The average molecular weight is 630 g/mol. The summed E-state index contributed by atoms with van der Waals surface area (Å²) in [5.74, 6) is -0.408. The number of halogens is 2. The Kier molecular flexibility index (Phi) is 8.55. The molecule has 1 heterocycles. The van der Waals surface area contributed by atoms with Crippen molar-refractivity contribution in [1.82, 2.24) is 5.32 Å². The van der Waals surface area contributed by atoms with Gasteiger partial charge in [-0.05, 0) is 107 Å². The van der Waals surface area contributed by atoms with Crippen LogP contribution >= 0.6 is 34.8 Å². The van der Waals surface area contributed by atoms with E-state index in [-0.39, 0.29) is 23.1 Å². The number of nitrogens with one attached hydrogen (secondary N) is 1. The summed E-state index contributed by atoms with van der Waals surface area (Å²) in [5, 5.41) is 2.64. The van der Waals surface area contributed by atoms with Crippen LogP contribution in [0.25, 0.3) is 6.08 Å². The Bertz CT molecular complexity index is 1370. The molecule has 2 amide bonds. The lowest BCUT2D eigenvalue weighted by Gasteiger charge is -2.29. The lowest BCUT2D eigenvalue weighted by Crippen LogP contribution is -2.54. The molecule has 1 N–H and O–H groups in total. The van der Waals surface area contributed by atoms with E-state index in [0.717, 1.165) is 21.1 Å². The highest BCUT2D eigenvalue weighted by Crippen LogP contribution is 2.36. The Morgan fingerprint density at radius 3 is 2.32 bits per heavy atom. The molecule has 9 heteroatoms. The van der Waals surface area contributed by atoms with Gasteiger partial charge in [-0.1, -0.05) is 31.2 Å². The zero-order valence-electron chi connectivity index (χ0n) is 20.2. The zero-order valence-corrected chi connectivity index (χ0v) is 23.2. The van der Waals surface area contributed by atoms with Crippen LogP contribution in [-0.2, 0) is 22.6 Å². The Morgan fingerprint density at radius 1 is 1.00 bits per heavy atom. The largest absolute Gasteiger partial charge is 0.490 e. The van der Waals surface area contributed by atoms with Gasteiger partial charge in [0.15, 0.2) is 16.6 Å². The normalized spacial score (nSPS) is 14.6. The quantitative estimate of drug-likeness (QED) is 0.148. The molecule has 0 unspecified atom stereocenters. The Balaban J connectivity index is 1.64. The first kappa shape index (κ1) is 26.7. The van der Waals surface area contributed by atoms with Crippen molar-refractivity contribution in [1.29, 1.82) is 0 Å². The molecule has 1 aliphatic rings. The van der Waals surface area contributed by atoms with Crippen molar-refractivity contribution >= 4 is 63.5 Å². The smallest absolute Gasteiger partial charge is 0.270 e. The molecule has 0 radical (unpaired) electrons. The van der Waals surface area contributed by atoms with E-state index in [1.165, 1.54) is 23.1 Å². The number of nitrogens with zero attached hydrogens (tertiary/aromatic N) is 1. The molecule has 0 atom stereocenters. The van der Waals surface area contributed by atoms with Gasteiger partial charge in [0.05, 0.1) is 15.9 Å². The van der Waals surface area contributed by atoms with Gasteiger partial charge in [0.2, 0.25) is 0 Å². The third-order valence-corrected chi connectivity index (χ3v) is 6.73. The van der Waals surface area contributed by atoms with E-state index >= 15 is 0 Å². The number of aryl methyl sites for hydroxylation is 1. The maximum absolute atomic E-state index is 13.4. The van der Waals surface area contributed by atoms with Crippen molar-refractivity contribution in [3.63, 3.8) is 0 Å². The second kappa shape index (κ2) is 11.8. The predicted molar refractivity (Wildman–Crippen MR) is 153 cm³/mol. The van der Waals surface area contributed by atoms with E-state index in [1.807, 2.05) is 38.1 Å². The highest BCUT2D eigenvalue weighted by atomic mass is 127. The molecule has 1 aliphatic heterocycles. The highest BCUT2D eigenvalue weighted by molar-refractivity contribution is 14.1. The molecule has 1 saturated heterocycles. The standard InChI is InChI=1S/C28H24FIN2O4S/c1-3-17-7-11-21(12-8-17)32-27(34)22(26(33)31-28(32)37)13-19-14-23(30)25(24(15-19)35-4-2)36-16-18-5-9-20(29)10-6-18/h5-15H,3-4,16H2,1-2H3,(H,31,33,37)/b22-13+. The molecule has 0 aliphatic carbocycles. The molecule has 3 aromatic rings. The minimum Gasteiger partial charge on any atom is -0.490 e. The third kappa shape index (κ3) is 6.16. The van der Waals surface area contributed by atoms with Crippen LogP contribution in [0.15, 0.2) is 66.2 Å². The molecule has 3 aromatic carbocycles. The number of carbonyl (C=O) groups is 2. The van der Waals surface area contributed by atoms with Crippen molar-refractivity contribution in [2.24, 2.45) is 0 Å². The number of anilines is 1. The summed E-state index contributed by atoms with van der Waals surface area (Å²) in [5.41, 5.74) is 3.05. The molecule has 0 saturated carbocycles. The molecule has 190 valence electrons. The van der Waals surface area contributed by atoms with Gasteiger partial charge in [-0.25, -0.2) is 4.39 Å². The van der Waals surface area contributed by atoms with Crippen LogP contribution in [0.1, 0.15) is 30.5 Å². The van der Waals surface area contributed by atoms with E-state index in [0.29, 0.717) is 29.4 Å². The van der Waals surface area contributed by atoms with Crippen LogP contribution in [0.5, 0.6) is 11.5 Å². The summed E-state index contributed by atoms with van der Waals surface area (Å²) in [7, 11) is 0. The SMILES string of the molecule is CCOc1cc(/C=C2\C(=O)NC(=S)N(c3ccc(CC)cc3)C2=O)cc(I)c1OCc1ccc(F)cc1. The number of benzene rings is 3. The van der Waals surface area contributed by atoms with E-state index < -0.39 is 11.8 Å². The molecule has 37 heavy (non-hydrogen) atoms. The lowest BCUT2D eigenvalue weighted by atomic mass is 10.1. The molecule has 0 spiro atoms. The highest BCUT2D eigenvalue weighted by Gasteiger charge is 2.34. The Labute approximate surface area is 233 Å². The van der Waals surface area contributed by atoms with Gasteiger partial charge >= 0.3 is 0 Å². The van der Waals surface area contributed by atoms with Gasteiger partial charge < -0.3 is 9.47 Å². The topological polar surface area (TPSA) is 67.9 Å². The van der Waals surface area contributed by atoms with Crippen LogP contribution in [0.4, 0.5) is 10.1 Å². The molecule has 6 nitrogen and oxygen atoms in total. The first-order chi connectivity index (χ1) is 17.8. The summed E-state index contributed by atoms with van der Waals surface area (Å²) < 4.78 is 25.7. The second-order valence-electron chi connectivity index (χ2n) is 8.16. The van der Waals surface area contributed by atoms with Crippen molar-refractivity contribution < 1.29 is 23.5 Å². The predicted octanol–water partition coefficient (Wildman–Crippen LogP) is 5.80. The van der Waals surface area contributed by atoms with E-state index in [2.05, 4.69) is 27.9 Å². The first-order valence-corrected chi connectivity index (χ1v) is 13.1. The maximum atomic E-state index is 13.4. The monoisotopic (exact) mass is 630 g/mol. The molecule has 4 rings (SSSR count). The number of hydrogen-bond donors (Lipinski definition) is 1. The fourth-order valence-electron chi connectivity index (χ4n) is 3.75. The number of rotatable bonds is 8. The van der Waals surface area contributed by atoms with Crippen LogP contribution in [-0.4, -0.2) is 23.5 Å². The van der Waals surface area contributed by atoms with Gasteiger partial charge in [0.25, 0.3) is 11.8 Å². The number of ether oxygens (including phenoxy) is 2. The summed E-state index contributed by atoms with van der Waals surface area (Å²) >= 11 is 7.42. The van der Waals surface area contributed by atoms with E-state index in [9.17, 15) is 14.0 Å². The zero-order chi connectivity index (χ0) is 26.5. The first-order valence-electron chi connectivity index (χ1n) is 11.6. The van der Waals surface area contributed by atoms with Gasteiger partial charge in [0, 0.05) is 0 Å². The van der Waals surface area contributed by atoms with Crippen LogP contribution < -0.4 is 19.7 Å². The molecule has 1 fully saturated rings. The van der Waals surface area contributed by atoms with Crippen molar-refractivity contribution in [2.45, 2.75) is 26.9 Å². The summed E-state index contributed by atoms with van der Waals surface area (Å²) in [4.78, 5) is 27.4. The van der Waals surface area contributed by atoms with Gasteiger partial charge in [-0.3, -0.25) is 19.8 Å². The summed E-state index contributed by atoms with van der Waals surface area (Å²) in [6, 6.07) is 17.0. The number of hydrogen-bond acceptors (Lipinski definition) is 5. The van der Waals surface area contributed by atoms with Crippen LogP contribution in [0.2, 0.25) is 0 Å². The third-order valence-electron chi connectivity index (χ3n) is 5.64. The lowest BCUT2D eigenvalue weighted by molar-refractivity contribution is -0.122. The van der Waals surface area contributed by atoms with Crippen molar-refractivity contribution in [3.8, 4) is 11.5 Å². The Morgan fingerprint density at radius 2 is 1.68 bits per heavy atom. The van der Waals surface area contributed by atoms with E-state index in [4.69, 9.17) is 21.7 Å². The van der Waals surface area contributed by atoms with Gasteiger partial charge in [-0.15, -0.1) is 0 Å². The van der Waals surface area contributed by atoms with Gasteiger partial charge in [-0.2, -0.15) is 0 Å².